The van der Waals surface area contributed by atoms with Crippen molar-refractivity contribution in [3.05, 3.63) is 40.7 Å². The van der Waals surface area contributed by atoms with Gasteiger partial charge in [0, 0.05) is 12.8 Å². The molecule has 1 N–H and O–H groups in total. The molecule has 1 aromatic heterocycles. The number of hydrogen-bond donors (Lipinski definition) is 1. The van der Waals surface area contributed by atoms with Crippen molar-refractivity contribution in [2.45, 2.75) is 19.4 Å². The maximum atomic E-state index is 12.1. The summed E-state index contributed by atoms with van der Waals surface area (Å²) in [5.74, 6) is -1.01. The highest BCUT2D eigenvalue weighted by atomic mass is 35.5. The largest absolute Gasteiger partial charge is 0.406 e. The van der Waals surface area contributed by atoms with Crippen molar-refractivity contribution in [3.63, 3.8) is 0 Å². The van der Waals surface area contributed by atoms with E-state index in [-0.39, 0.29) is 53.7 Å². The molecule has 8 nitrogen and oxygen atoms in total. The molecule has 1 aliphatic rings. The van der Waals surface area contributed by atoms with Crippen LogP contribution in [0.25, 0.3) is 0 Å². The zero-order valence-electron chi connectivity index (χ0n) is 11.8. The van der Waals surface area contributed by atoms with Gasteiger partial charge in [0.05, 0.1) is 10.6 Å². The van der Waals surface area contributed by atoms with Crippen LogP contribution in [0.2, 0.25) is 5.02 Å². The Hall–Kier alpha value is -2.74. The van der Waals surface area contributed by atoms with Crippen molar-refractivity contribution < 1.29 is 18.8 Å². The number of carbonyl (C=O) groups is 3. The highest BCUT2D eigenvalue weighted by molar-refractivity contribution is 6.34. The molecule has 1 saturated heterocycles. The molecule has 0 bridgehead atoms. The van der Waals surface area contributed by atoms with Gasteiger partial charge >= 0.3 is 6.01 Å². The average Bonchev–Trinajstić information content (AvgIpc) is 3.09. The maximum Gasteiger partial charge on any atom is 0.322 e. The Kier molecular flexibility index (Phi) is 4.07. The lowest BCUT2D eigenvalue weighted by molar-refractivity contribution is -0.139. The number of anilines is 1. The molecule has 0 saturated carbocycles. The van der Waals surface area contributed by atoms with Crippen LogP contribution in [0.1, 0.15) is 29.1 Å². The van der Waals surface area contributed by atoms with Crippen LogP contribution in [0.4, 0.5) is 6.01 Å². The summed E-state index contributed by atoms with van der Waals surface area (Å²) in [7, 11) is 0. The lowest BCUT2D eigenvalue weighted by Gasteiger charge is -2.09. The van der Waals surface area contributed by atoms with Gasteiger partial charge in [-0.1, -0.05) is 28.8 Å². The van der Waals surface area contributed by atoms with Crippen LogP contribution < -0.4 is 5.32 Å². The fourth-order valence-electron chi connectivity index (χ4n) is 2.11. The Bertz CT molecular complexity index is 773. The van der Waals surface area contributed by atoms with Gasteiger partial charge in [-0.2, -0.15) is 0 Å². The van der Waals surface area contributed by atoms with E-state index < -0.39 is 5.91 Å². The third-order valence-electron chi connectivity index (χ3n) is 3.25. The molecule has 3 amide bonds. The highest BCUT2D eigenvalue weighted by Crippen LogP contribution is 2.18. The Morgan fingerprint density at radius 3 is 2.61 bits per heavy atom. The fourth-order valence-corrected chi connectivity index (χ4v) is 2.33. The molecule has 23 heavy (non-hydrogen) atoms. The van der Waals surface area contributed by atoms with Gasteiger partial charge in [0.25, 0.3) is 5.91 Å². The van der Waals surface area contributed by atoms with Crippen LogP contribution in [0.3, 0.4) is 0 Å². The fraction of sp³-hybridized carbons (Fsp3) is 0.214. The molecule has 1 aliphatic heterocycles. The molecule has 1 aromatic carbocycles. The van der Waals surface area contributed by atoms with E-state index >= 15 is 0 Å². The number of amides is 3. The van der Waals surface area contributed by atoms with Crippen LogP contribution in [-0.2, 0) is 16.1 Å². The number of halogens is 1. The van der Waals surface area contributed by atoms with Gasteiger partial charge in [-0.25, -0.2) is 0 Å². The summed E-state index contributed by atoms with van der Waals surface area (Å²) < 4.78 is 5.23. The van der Waals surface area contributed by atoms with Crippen LogP contribution in [0.15, 0.2) is 28.7 Å². The topological polar surface area (TPSA) is 105 Å². The predicted molar refractivity (Wildman–Crippen MR) is 78.5 cm³/mol. The van der Waals surface area contributed by atoms with E-state index in [0.29, 0.717) is 0 Å². The number of hydrogen-bond acceptors (Lipinski definition) is 6. The number of nitrogens with one attached hydrogen (secondary N) is 1. The van der Waals surface area contributed by atoms with E-state index in [9.17, 15) is 14.4 Å². The number of likely N-dealkylation sites (tertiary alicyclic amines) is 1. The van der Waals surface area contributed by atoms with Gasteiger partial charge in [-0.15, -0.1) is 5.10 Å². The van der Waals surface area contributed by atoms with Crippen molar-refractivity contribution in [2.24, 2.45) is 0 Å². The molecule has 0 unspecified atom stereocenters. The van der Waals surface area contributed by atoms with Gasteiger partial charge in [0.2, 0.25) is 17.7 Å². The van der Waals surface area contributed by atoms with E-state index in [1.54, 1.807) is 24.3 Å². The van der Waals surface area contributed by atoms with Gasteiger partial charge in [0.15, 0.2) is 0 Å². The number of rotatable bonds is 4. The van der Waals surface area contributed by atoms with E-state index in [1.807, 2.05) is 0 Å². The summed E-state index contributed by atoms with van der Waals surface area (Å²) in [5.41, 5.74) is 0.263. The molecule has 0 atom stereocenters. The Morgan fingerprint density at radius 1 is 1.22 bits per heavy atom. The minimum Gasteiger partial charge on any atom is -0.406 e. The van der Waals surface area contributed by atoms with E-state index in [4.69, 9.17) is 16.0 Å². The second kappa shape index (κ2) is 6.17. The maximum absolute atomic E-state index is 12.1. The predicted octanol–water partition coefficient (Wildman–Crippen LogP) is 1.62. The second-order valence-corrected chi connectivity index (χ2v) is 5.22. The Labute approximate surface area is 135 Å². The van der Waals surface area contributed by atoms with Gasteiger partial charge in [-0.3, -0.25) is 24.6 Å². The Morgan fingerprint density at radius 2 is 1.91 bits per heavy atom. The van der Waals surface area contributed by atoms with Crippen LogP contribution in [0, 0.1) is 0 Å². The van der Waals surface area contributed by atoms with Gasteiger partial charge in [0.1, 0.15) is 6.54 Å². The van der Waals surface area contributed by atoms with Crippen molar-refractivity contribution >= 4 is 35.3 Å². The third kappa shape index (κ3) is 3.21. The third-order valence-corrected chi connectivity index (χ3v) is 3.58. The summed E-state index contributed by atoms with van der Waals surface area (Å²) in [6, 6.07) is 6.37. The molecule has 0 aliphatic carbocycles. The van der Waals surface area contributed by atoms with Crippen molar-refractivity contribution in [2.75, 3.05) is 5.32 Å². The number of carbonyl (C=O) groups excluding carboxylic acids is 3. The first-order chi connectivity index (χ1) is 11.0. The quantitative estimate of drug-likeness (QED) is 0.852. The van der Waals surface area contributed by atoms with Crippen LogP contribution in [0.5, 0.6) is 0 Å². The molecule has 1 fully saturated rings. The number of nitrogens with zero attached hydrogens (tertiary/aromatic N) is 3. The second-order valence-electron chi connectivity index (χ2n) is 4.81. The molecule has 9 heteroatoms. The lowest BCUT2D eigenvalue weighted by Crippen LogP contribution is -2.28. The molecular formula is C14H11ClN4O4. The normalized spacial score (nSPS) is 14.4. The van der Waals surface area contributed by atoms with Gasteiger partial charge < -0.3 is 4.42 Å². The Balaban J connectivity index is 1.68. The molecule has 2 aromatic rings. The van der Waals surface area contributed by atoms with Crippen LogP contribution in [-0.4, -0.2) is 32.8 Å². The molecule has 0 radical (unpaired) electrons. The summed E-state index contributed by atoms with van der Waals surface area (Å²) >= 11 is 5.93. The SMILES string of the molecule is O=C(Nc1nnc(CN2C(=O)CCC2=O)o1)c1ccccc1Cl. The average molecular weight is 335 g/mol. The summed E-state index contributed by atoms with van der Waals surface area (Å²) in [6.45, 7) is -0.105. The minimum atomic E-state index is -0.501. The molecule has 0 spiro atoms. The summed E-state index contributed by atoms with van der Waals surface area (Å²) in [6.07, 6.45) is 0.367. The zero-order valence-corrected chi connectivity index (χ0v) is 12.5. The van der Waals surface area contributed by atoms with Crippen molar-refractivity contribution in [1.29, 1.82) is 0 Å². The standard InChI is InChI=1S/C14H11ClN4O4/c15-9-4-2-1-3-8(9)13(22)16-14-18-17-10(23-14)7-19-11(20)5-6-12(19)21/h1-4H,5-7H2,(H,16,18,22). The van der Waals surface area contributed by atoms with Crippen molar-refractivity contribution in [3.8, 4) is 0 Å². The van der Waals surface area contributed by atoms with E-state index in [0.717, 1.165) is 4.90 Å². The van der Waals surface area contributed by atoms with Gasteiger partial charge in [-0.05, 0) is 12.1 Å². The van der Waals surface area contributed by atoms with E-state index in [2.05, 4.69) is 15.5 Å². The highest BCUT2D eigenvalue weighted by Gasteiger charge is 2.30. The smallest absolute Gasteiger partial charge is 0.322 e. The molecule has 3 rings (SSSR count). The summed E-state index contributed by atoms with van der Waals surface area (Å²) in [5, 5.41) is 10.1. The van der Waals surface area contributed by atoms with Crippen molar-refractivity contribution in [1.82, 2.24) is 15.1 Å². The lowest BCUT2D eigenvalue weighted by atomic mass is 10.2. The molecule has 118 valence electrons. The number of aromatic nitrogens is 2. The summed E-state index contributed by atoms with van der Waals surface area (Å²) in [4.78, 5) is 36.2. The first kappa shape index (κ1) is 15.2. The first-order valence-electron chi connectivity index (χ1n) is 6.76. The minimum absolute atomic E-state index is 0.0584. The molecular weight excluding hydrogens is 324 g/mol. The monoisotopic (exact) mass is 334 g/mol. The molecule has 2 heterocycles. The number of imide groups is 1. The first-order valence-corrected chi connectivity index (χ1v) is 7.14. The van der Waals surface area contributed by atoms with E-state index in [1.165, 1.54) is 0 Å². The number of benzene rings is 1. The van der Waals surface area contributed by atoms with Crippen LogP contribution >= 0.6 is 11.6 Å². The zero-order chi connectivity index (χ0) is 16.4.